The highest BCUT2D eigenvalue weighted by molar-refractivity contribution is 6.01. The number of likely N-dealkylation sites (tertiary alicyclic amines) is 1. The van der Waals surface area contributed by atoms with Crippen LogP contribution in [0.2, 0.25) is 0 Å². The molecule has 0 unspecified atom stereocenters. The summed E-state index contributed by atoms with van der Waals surface area (Å²) in [7, 11) is 8.42. The Morgan fingerprint density at radius 1 is 0.821 bits per heavy atom. The van der Waals surface area contributed by atoms with E-state index in [4.69, 9.17) is 14.3 Å². The Balaban J connectivity index is 1.72. The van der Waals surface area contributed by atoms with Crippen molar-refractivity contribution in [1.82, 2.24) is 35.7 Å². The molecule has 2 aliphatic rings. The lowest BCUT2D eigenvalue weighted by Gasteiger charge is -2.41. The second-order valence-electron chi connectivity index (χ2n) is 19.0. The van der Waals surface area contributed by atoms with E-state index in [0.29, 0.717) is 43.7 Å². The van der Waals surface area contributed by atoms with Gasteiger partial charge in [0.1, 0.15) is 12.1 Å². The Kier molecular flexibility index (Phi) is 22.9. The summed E-state index contributed by atoms with van der Waals surface area (Å²) < 4.78 is 12.1. The minimum Gasteiger partial charge on any atom is -0.379 e. The van der Waals surface area contributed by atoms with Gasteiger partial charge in [0.15, 0.2) is 0 Å². The topological polar surface area (TPSA) is 213 Å². The third-order valence-corrected chi connectivity index (χ3v) is 13.2. The quantitative estimate of drug-likeness (QED) is 0.0857. The molecule has 9 atom stereocenters. The highest BCUT2D eigenvalue weighted by Gasteiger charge is 2.44. The lowest BCUT2D eigenvalue weighted by molar-refractivity contribution is -0.197. The Bertz CT molecular complexity index is 1800. The number of unbranched alkanes of at least 4 members (excludes halogenated alkanes) is 1. The van der Waals surface area contributed by atoms with Crippen molar-refractivity contribution in [3.63, 3.8) is 0 Å². The number of carbonyl (C=O) groups is 8. The summed E-state index contributed by atoms with van der Waals surface area (Å²) in [6, 6.07) is 6.10. The largest absolute Gasteiger partial charge is 0.379 e. The Hall–Kier alpha value is -4.94. The number of hydroxylamine groups is 2. The molecule has 3 N–H and O–H groups in total. The molecule has 2 saturated heterocycles. The van der Waals surface area contributed by atoms with Gasteiger partial charge in [0, 0.05) is 60.0 Å². The van der Waals surface area contributed by atoms with Crippen LogP contribution in [-0.2, 0) is 59.1 Å². The molecule has 376 valence electrons. The van der Waals surface area contributed by atoms with Crippen LogP contribution < -0.4 is 16.0 Å². The van der Waals surface area contributed by atoms with E-state index in [0.717, 1.165) is 5.56 Å². The van der Waals surface area contributed by atoms with Crippen molar-refractivity contribution in [2.24, 2.45) is 23.7 Å². The maximum atomic E-state index is 14.4. The second kappa shape index (κ2) is 27.2. The minimum atomic E-state index is -0.957. The monoisotopic (exact) mass is 942 g/mol. The van der Waals surface area contributed by atoms with Crippen LogP contribution in [0.3, 0.4) is 0 Å². The van der Waals surface area contributed by atoms with E-state index in [9.17, 15) is 38.4 Å². The average Bonchev–Trinajstić information content (AvgIpc) is 3.89. The number of carbonyl (C=O) groups excluding carboxylic acids is 8. The van der Waals surface area contributed by atoms with Crippen molar-refractivity contribution < 1.29 is 52.7 Å². The number of nitrogens with zero attached hydrogens (tertiary/aromatic N) is 4. The zero-order valence-corrected chi connectivity index (χ0v) is 42.0. The standard InChI is InChI=1S/C49H79N7O11/c1-13-32(6)44(54(10)49(64)42(30(2)3)52-48(63)43(31(4)5)53(8)9)37(65-11)29-40(59)55-27-19-22-36(55)45(66-12)33(7)46(61)51-35(28-34-20-15-14-16-21-34)47(62)50-26-18-17-23-41(60)67-56-38(57)24-25-39(56)58/h14-16,20-21,30-33,35-37,42-45H,13,17-19,22-29H2,1-12H3,(H,50,62)(H,51,61)(H,52,63)/t32-,33+,35-,36-,37+,42-,43-,44-,45+/m0/s1. The summed E-state index contributed by atoms with van der Waals surface area (Å²) in [5, 5.41) is 9.32. The van der Waals surface area contributed by atoms with Gasteiger partial charge in [0.05, 0.1) is 42.7 Å². The van der Waals surface area contributed by atoms with Crippen LogP contribution in [0.4, 0.5) is 0 Å². The molecule has 18 heteroatoms. The molecule has 0 aromatic heterocycles. The van der Waals surface area contributed by atoms with Gasteiger partial charge in [-0.3, -0.25) is 38.5 Å². The van der Waals surface area contributed by atoms with Crippen molar-refractivity contribution in [1.29, 1.82) is 0 Å². The number of methoxy groups -OCH3 is 2. The molecule has 0 bridgehead atoms. The summed E-state index contributed by atoms with van der Waals surface area (Å²) in [4.78, 5) is 116. The zero-order valence-electron chi connectivity index (χ0n) is 42.0. The number of benzene rings is 1. The molecular formula is C49H79N7O11. The molecule has 2 heterocycles. The van der Waals surface area contributed by atoms with E-state index in [1.54, 1.807) is 23.8 Å². The fraction of sp³-hybridized carbons (Fsp3) is 0.714. The maximum absolute atomic E-state index is 14.4. The molecule has 2 fully saturated rings. The van der Waals surface area contributed by atoms with Crippen molar-refractivity contribution in [3.8, 4) is 0 Å². The molecule has 18 nitrogen and oxygen atoms in total. The summed E-state index contributed by atoms with van der Waals surface area (Å²) in [5.41, 5.74) is 0.824. The summed E-state index contributed by atoms with van der Waals surface area (Å²) in [6.45, 7) is 14.1. The maximum Gasteiger partial charge on any atom is 0.333 e. The van der Waals surface area contributed by atoms with Gasteiger partial charge in [-0.2, -0.15) is 0 Å². The first-order valence-corrected chi connectivity index (χ1v) is 24.0. The molecule has 1 aromatic carbocycles. The van der Waals surface area contributed by atoms with Gasteiger partial charge in [-0.15, -0.1) is 5.06 Å². The number of likely N-dealkylation sites (N-methyl/N-ethyl adjacent to an activating group) is 2. The van der Waals surface area contributed by atoms with Crippen LogP contribution in [0, 0.1) is 23.7 Å². The minimum absolute atomic E-state index is 0.00159. The number of rotatable bonds is 27. The molecule has 0 saturated carbocycles. The number of hydrogen-bond donors (Lipinski definition) is 3. The van der Waals surface area contributed by atoms with Crippen LogP contribution in [0.1, 0.15) is 112 Å². The zero-order chi connectivity index (χ0) is 50.1. The normalized spacial score (nSPS) is 18.8. The first-order chi connectivity index (χ1) is 31.7. The van der Waals surface area contributed by atoms with Crippen LogP contribution in [0.5, 0.6) is 0 Å². The highest BCUT2D eigenvalue weighted by Crippen LogP contribution is 2.30. The summed E-state index contributed by atoms with van der Waals surface area (Å²) in [6.07, 6.45) is 1.36. The lowest BCUT2D eigenvalue weighted by atomic mass is 9.89. The number of ether oxygens (including phenoxy) is 2. The number of hydrogen-bond acceptors (Lipinski definition) is 12. The van der Waals surface area contributed by atoms with Crippen LogP contribution in [0.15, 0.2) is 30.3 Å². The smallest absolute Gasteiger partial charge is 0.333 e. The third-order valence-electron chi connectivity index (χ3n) is 13.2. The van der Waals surface area contributed by atoms with E-state index >= 15 is 0 Å². The fourth-order valence-corrected chi connectivity index (χ4v) is 9.31. The van der Waals surface area contributed by atoms with E-state index in [1.807, 2.05) is 90.9 Å². The van der Waals surface area contributed by atoms with Crippen molar-refractivity contribution in [3.05, 3.63) is 35.9 Å². The number of amides is 7. The van der Waals surface area contributed by atoms with Gasteiger partial charge >= 0.3 is 5.97 Å². The predicted molar refractivity (Wildman–Crippen MR) is 251 cm³/mol. The van der Waals surface area contributed by atoms with Crippen molar-refractivity contribution >= 4 is 47.3 Å². The van der Waals surface area contributed by atoms with Crippen molar-refractivity contribution in [2.45, 2.75) is 155 Å². The van der Waals surface area contributed by atoms with Gasteiger partial charge in [0.25, 0.3) is 11.8 Å². The molecular weight excluding hydrogens is 863 g/mol. The molecule has 7 amide bonds. The fourth-order valence-electron chi connectivity index (χ4n) is 9.31. The van der Waals surface area contributed by atoms with Crippen molar-refractivity contribution in [2.75, 3.05) is 48.5 Å². The molecule has 0 radical (unpaired) electrons. The summed E-state index contributed by atoms with van der Waals surface area (Å²) in [5.74, 6) is -4.45. The SMILES string of the molecule is CC[C@H](C)[C@@H]([C@@H](CC(=O)N1CCC[C@H]1[C@H](OC)[C@@H](C)C(=O)N[C@@H](Cc1ccccc1)C(=O)NCCCCC(=O)ON1C(=O)CCC1=O)OC)N(C)C(=O)[C@@H](NC(=O)[C@H](C(C)C)N(C)C)C(C)C. The van der Waals surface area contributed by atoms with Gasteiger partial charge in [-0.25, -0.2) is 4.79 Å². The van der Waals surface area contributed by atoms with E-state index < -0.39 is 77.9 Å². The molecule has 67 heavy (non-hydrogen) atoms. The highest BCUT2D eigenvalue weighted by atomic mass is 16.7. The second-order valence-corrected chi connectivity index (χ2v) is 19.0. The van der Waals surface area contributed by atoms with Gasteiger partial charge < -0.3 is 40.1 Å². The Morgan fingerprint density at radius 3 is 2.01 bits per heavy atom. The summed E-state index contributed by atoms with van der Waals surface area (Å²) >= 11 is 0. The molecule has 2 aliphatic heterocycles. The number of nitrogens with one attached hydrogen (secondary N) is 3. The number of imide groups is 1. The van der Waals surface area contributed by atoms with Crippen LogP contribution in [0.25, 0.3) is 0 Å². The average molecular weight is 942 g/mol. The van der Waals surface area contributed by atoms with E-state index in [-0.39, 0.29) is 74.1 Å². The van der Waals surface area contributed by atoms with Gasteiger partial charge in [0.2, 0.25) is 29.5 Å². The van der Waals surface area contributed by atoms with E-state index in [1.165, 1.54) is 14.2 Å². The molecule has 1 aromatic rings. The Morgan fingerprint density at radius 2 is 1.46 bits per heavy atom. The predicted octanol–water partition coefficient (Wildman–Crippen LogP) is 3.25. The first-order valence-electron chi connectivity index (χ1n) is 24.0. The molecule has 0 aliphatic carbocycles. The van der Waals surface area contributed by atoms with Gasteiger partial charge in [-0.05, 0) is 63.1 Å². The van der Waals surface area contributed by atoms with Gasteiger partial charge in [-0.1, -0.05) is 85.2 Å². The Labute approximate surface area is 397 Å². The van der Waals surface area contributed by atoms with Crippen LogP contribution in [-0.4, -0.2) is 158 Å². The van der Waals surface area contributed by atoms with Crippen LogP contribution >= 0.6 is 0 Å². The first kappa shape index (κ1) is 56.4. The molecule has 0 spiro atoms. The molecule has 3 rings (SSSR count). The van der Waals surface area contributed by atoms with E-state index in [2.05, 4.69) is 16.0 Å². The third kappa shape index (κ3) is 15.8. The lowest BCUT2D eigenvalue weighted by Crippen LogP contribution is -2.59.